The predicted octanol–water partition coefficient (Wildman–Crippen LogP) is 20.4. The Hall–Kier alpha value is -7.50. The third-order valence-electron chi connectivity index (χ3n) is 17.3. The van der Waals surface area contributed by atoms with E-state index in [1.807, 2.05) is 6.20 Å². The third-order valence-corrected chi connectivity index (χ3v) is 17.3. The number of rotatable bonds is 13. The van der Waals surface area contributed by atoms with E-state index in [1.54, 1.807) is 0 Å². The van der Waals surface area contributed by atoms with Crippen LogP contribution < -0.4 is 9.30 Å². The van der Waals surface area contributed by atoms with Crippen molar-refractivity contribution in [1.82, 2.24) is 14.1 Å². The maximum absolute atomic E-state index is 7.49. The summed E-state index contributed by atoms with van der Waals surface area (Å²) in [4.78, 5) is 5.27. The molecule has 0 saturated heterocycles. The number of hydrogen-bond donors (Lipinski definition) is 0. The molecule has 7 aromatic carbocycles. The molecule has 5 heteroatoms. The molecule has 422 valence electrons. The van der Waals surface area contributed by atoms with Gasteiger partial charge in [-0.3, -0.25) is 13.7 Å². The van der Waals surface area contributed by atoms with Gasteiger partial charge in [0, 0.05) is 40.1 Å². The molecule has 0 saturated carbocycles. The van der Waals surface area contributed by atoms with Gasteiger partial charge in [-0.05, 0) is 150 Å². The number of para-hydroxylation sites is 1. The lowest BCUT2D eigenvalue weighted by atomic mass is 9.76. The number of hydrogen-bond acceptors (Lipinski definition) is 2. The highest BCUT2D eigenvalue weighted by Gasteiger charge is 2.33. The van der Waals surface area contributed by atoms with Crippen LogP contribution in [0.1, 0.15) is 205 Å². The fourth-order valence-corrected chi connectivity index (χ4v) is 12.0. The summed E-state index contributed by atoms with van der Waals surface area (Å²) in [5.41, 5.74) is 18.1. The van der Waals surface area contributed by atoms with E-state index in [-0.39, 0.29) is 16.2 Å². The Kier molecular flexibility index (Phi) is 15.0. The molecule has 0 radical (unpaired) electrons. The summed E-state index contributed by atoms with van der Waals surface area (Å²) in [6.07, 6.45) is 8.24. The molecule has 82 heavy (non-hydrogen) atoms. The molecule has 0 aliphatic heterocycles. The first-order valence-electron chi connectivity index (χ1n) is 29.9. The first kappa shape index (κ1) is 57.7. The lowest BCUT2D eigenvalue weighted by molar-refractivity contribution is -0.599. The van der Waals surface area contributed by atoms with Gasteiger partial charge in [0.15, 0.2) is 0 Å². The van der Waals surface area contributed by atoms with E-state index in [0.717, 1.165) is 51.0 Å². The van der Waals surface area contributed by atoms with Gasteiger partial charge in [-0.2, -0.15) is 0 Å². The van der Waals surface area contributed by atoms with Gasteiger partial charge < -0.3 is 4.74 Å². The minimum Gasteiger partial charge on any atom is -0.458 e. The van der Waals surface area contributed by atoms with Crippen molar-refractivity contribution >= 4 is 21.8 Å². The lowest BCUT2D eigenvalue weighted by Crippen LogP contribution is -2.30. The van der Waals surface area contributed by atoms with Crippen LogP contribution in [0, 0.1) is 6.33 Å². The average molecular weight is 1090 g/mol. The van der Waals surface area contributed by atoms with Crippen molar-refractivity contribution in [3.8, 4) is 39.8 Å². The first-order valence-corrected chi connectivity index (χ1v) is 29.9. The zero-order valence-corrected chi connectivity index (χ0v) is 52.6. The second-order valence-corrected chi connectivity index (χ2v) is 28.3. The summed E-state index contributed by atoms with van der Waals surface area (Å²) in [6.45, 7) is 43.9. The molecule has 3 aromatic heterocycles. The Morgan fingerprint density at radius 2 is 1.02 bits per heavy atom. The smallest absolute Gasteiger partial charge is 0.269 e. The third kappa shape index (κ3) is 11.0. The van der Waals surface area contributed by atoms with Crippen LogP contribution in [0.5, 0.6) is 11.5 Å². The van der Waals surface area contributed by atoms with Gasteiger partial charge in [0.2, 0.25) is 0 Å². The fraction of sp³-hybridized carbons (Fsp3) is 0.351. The summed E-state index contributed by atoms with van der Waals surface area (Å²) in [7, 11) is 0. The monoisotopic (exact) mass is 1080 g/mol. The van der Waals surface area contributed by atoms with Crippen molar-refractivity contribution in [3.05, 3.63) is 232 Å². The number of pyridine rings is 1. The van der Waals surface area contributed by atoms with Crippen LogP contribution in [0.3, 0.4) is 0 Å². The normalized spacial score (nSPS) is 12.9. The van der Waals surface area contributed by atoms with E-state index in [2.05, 4.69) is 316 Å². The Bertz CT molecular complexity index is 3910. The molecule has 0 aliphatic rings. The minimum absolute atomic E-state index is 0.0538. The summed E-state index contributed by atoms with van der Waals surface area (Å²) in [5.74, 6) is 3.47. The molecule has 0 amide bonds. The molecule has 5 nitrogen and oxygen atoms in total. The van der Waals surface area contributed by atoms with Gasteiger partial charge in [-0.1, -0.05) is 229 Å². The highest BCUT2D eigenvalue weighted by atomic mass is 16.5. The first-order chi connectivity index (χ1) is 38.5. The van der Waals surface area contributed by atoms with Crippen LogP contribution in [0.2, 0.25) is 0 Å². The molecular formula is C77H88N4O. The van der Waals surface area contributed by atoms with Gasteiger partial charge >= 0.3 is 0 Å². The topological polar surface area (TPSA) is 35.9 Å². The van der Waals surface area contributed by atoms with Gasteiger partial charge in [-0.25, -0.2) is 4.98 Å². The average Bonchev–Trinajstić information content (AvgIpc) is 2.13. The van der Waals surface area contributed by atoms with Crippen molar-refractivity contribution in [1.29, 1.82) is 0 Å². The largest absolute Gasteiger partial charge is 0.458 e. The van der Waals surface area contributed by atoms with E-state index in [4.69, 9.17) is 9.72 Å². The Morgan fingerprint density at radius 3 is 1.59 bits per heavy atom. The van der Waals surface area contributed by atoms with Crippen molar-refractivity contribution in [2.24, 2.45) is 0 Å². The molecule has 0 N–H and O–H groups in total. The summed E-state index contributed by atoms with van der Waals surface area (Å²) < 4.78 is 14.4. The van der Waals surface area contributed by atoms with E-state index in [1.165, 1.54) is 66.4 Å². The van der Waals surface area contributed by atoms with Crippen LogP contribution in [0.4, 0.5) is 0 Å². The molecular weight excluding hydrogens is 997 g/mol. The summed E-state index contributed by atoms with van der Waals surface area (Å²) in [5, 5.41) is 2.36. The van der Waals surface area contributed by atoms with Gasteiger partial charge in [0.1, 0.15) is 17.3 Å². The Morgan fingerprint density at radius 1 is 0.488 bits per heavy atom. The Labute approximate surface area is 491 Å². The molecule has 0 bridgehead atoms. The zero-order valence-electron chi connectivity index (χ0n) is 52.6. The highest BCUT2D eigenvalue weighted by Crippen LogP contribution is 2.47. The second kappa shape index (κ2) is 21.4. The number of imidazole rings is 1. The lowest BCUT2D eigenvalue weighted by Gasteiger charge is -2.29. The molecule has 10 aromatic rings. The Balaban J connectivity index is 1.22. The van der Waals surface area contributed by atoms with Crippen molar-refractivity contribution in [2.45, 2.75) is 176 Å². The van der Waals surface area contributed by atoms with Crippen molar-refractivity contribution < 1.29 is 9.30 Å². The summed E-state index contributed by atoms with van der Waals surface area (Å²) >= 11 is 0. The van der Waals surface area contributed by atoms with Crippen LogP contribution in [0.25, 0.3) is 50.1 Å². The van der Waals surface area contributed by atoms with Crippen LogP contribution in [-0.4, -0.2) is 14.1 Å². The van der Waals surface area contributed by atoms with E-state index >= 15 is 0 Å². The second-order valence-electron chi connectivity index (χ2n) is 28.3. The quantitative estimate of drug-likeness (QED) is 0.0852. The summed E-state index contributed by atoms with van der Waals surface area (Å²) in [6, 6.07) is 58.5. The SMILES string of the molecule is CC(C)c1cc(C(C)C)c(-c2ccnc(-n3c4ccccc4c4c(C(C)(C)c5ccccc5)cc(Oc5cc(-n6[c-][n+](-c7cc(C(C)(C)C)cc(C(C)(C)C)c7)cc6C(C)(C)c6ccccc6)cc(C(C)(C)C)c5)cc43)c2)c(C(C)C)c1. The number of aromatic nitrogens is 4. The minimum atomic E-state index is -0.430. The fourth-order valence-electron chi connectivity index (χ4n) is 12.0. The maximum atomic E-state index is 7.49. The van der Waals surface area contributed by atoms with Crippen LogP contribution >= 0.6 is 0 Å². The zero-order chi connectivity index (χ0) is 59.0. The molecule has 0 unspecified atom stereocenters. The van der Waals surface area contributed by atoms with Crippen molar-refractivity contribution in [3.63, 3.8) is 0 Å². The number of nitrogens with zero attached hydrogens (tertiary/aromatic N) is 4. The van der Waals surface area contributed by atoms with Crippen LogP contribution in [0.15, 0.2) is 170 Å². The van der Waals surface area contributed by atoms with Crippen LogP contribution in [-0.2, 0) is 27.1 Å². The van der Waals surface area contributed by atoms with E-state index in [0.29, 0.717) is 17.8 Å². The van der Waals surface area contributed by atoms with E-state index in [9.17, 15) is 0 Å². The standard InChI is InChI=1S/C77H88N4O/c1-49(2)53-36-64(50(3)4)71(65(37-53)51(5)6)52-34-35-78-70(38-52)81-67-33-27-26-32-63(67)72-66(76(16,17)54-28-22-20-23-29-54)45-62(46-68(72)81)82-61-43-58(75(13,14)15)42-60(44-61)80-48-79(47-69(80)77(18,19)55-30-24-21-25-31-55)59-40-56(73(7,8)9)39-57(41-59)74(10,11)12/h20-47,49-51H,1-19H3. The number of fused-ring (bicyclic) bond motifs is 3. The molecule has 0 atom stereocenters. The molecule has 0 fully saturated rings. The van der Waals surface area contributed by atoms with Crippen molar-refractivity contribution in [2.75, 3.05) is 0 Å². The van der Waals surface area contributed by atoms with Gasteiger partial charge in [-0.15, -0.1) is 0 Å². The maximum Gasteiger partial charge on any atom is 0.269 e. The van der Waals surface area contributed by atoms with Gasteiger partial charge in [0.05, 0.1) is 28.1 Å². The molecule has 0 spiro atoms. The number of ether oxygens (including phenoxy) is 1. The molecule has 3 heterocycles. The molecule has 10 rings (SSSR count). The number of benzene rings is 7. The predicted molar refractivity (Wildman–Crippen MR) is 346 cm³/mol. The van der Waals surface area contributed by atoms with Gasteiger partial charge in [0.25, 0.3) is 6.33 Å². The molecule has 0 aliphatic carbocycles. The highest BCUT2D eigenvalue weighted by molar-refractivity contribution is 6.12. The van der Waals surface area contributed by atoms with E-state index < -0.39 is 10.8 Å².